The van der Waals surface area contributed by atoms with Gasteiger partial charge in [0.1, 0.15) is 12.3 Å². The van der Waals surface area contributed by atoms with Gasteiger partial charge in [-0.2, -0.15) is 13.2 Å². The maximum atomic E-state index is 12.9. The van der Waals surface area contributed by atoms with Crippen LogP contribution >= 0.6 is 11.6 Å². The Bertz CT molecular complexity index is 1080. The predicted molar refractivity (Wildman–Crippen MR) is 106 cm³/mol. The van der Waals surface area contributed by atoms with Gasteiger partial charge in [-0.05, 0) is 50.2 Å². The fraction of sp³-hybridized carbons (Fsp3) is 0.250. The summed E-state index contributed by atoms with van der Waals surface area (Å²) < 4.78 is 44.4. The first-order valence-corrected chi connectivity index (χ1v) is 9.22. The first-order valence-electron chi connectivity index (χ1n) is 8.84. The maximum absolute atomic E-state index is 12.9. The normalized spacial score (nSPS) is 15.2. The summed E-state index contributed by atoms with van der Waals surface area (Å²) in [5.41, 5.74) is -2.73. The smallest absolute Gasteiger partial charge is 0.416 e. The highest BCUT2D eigenvalue weighted by Gasteiger charge is 2.42. The fourth-order valence-electron chi connectivity index (χ4n) is 2.99. The monoisotopic (exact) mass is 456 g/mol. The highest BCUT2D eigenvalue weighted by atomic mass is 35.5. The standard InChI is InChI=1S/C20H16ClF3N2O5/c1-19(2)18(30)26(14-7-10(17(28)29)3-6-15(14)31-19)9-16(27)25-13-8-11(20(22,23)24)4-5-12(13)21/h3-8H,9H2,1-2H3,(H,25,27)(H,28,29). The number of rotatable bonds is 4. The van der Waals surface area contributed by atoms with Crippen LogP contribution in [0.2, 0.25) is 5.02 Å². The first kappa shape index (κ1) is 22.4. The van der Waals surface area contributed by atoms with Crippen LogP contribution in [0, 0.1) is 0 Å². The van der Waals surface area contributed by atoms with Gasteiger partial charge in [0.25, 0.3) is 5.91 Å². The van der Waals surface area contributed by atoms with Crippen LogP contribution in [0.15, 0.2) is 36.4 Å². The number of nitrogens with zero attached hydrogens (tertiary/aromatic N) is 1. The first-order chi connectivity index (χ1) is 14.3. The summed E-state index contributed by atoms with van der Waals surface area (Å²) >= 11 is 5.90. The molecule has 2 aromatic carbocycles. The summed E-state index contributed by atoms with van der Waals surface area (Å²) in [7, 11) is 0. The lowest BCUT2D eigenvalue weighted by molar-refractivity contribution is -0.137. The predicted octanol–water partition coefficient (Wildman–Crippen LogP) is 4.20. The van der Waals surface area contributed by atoms with Crippen LogP contribution < -0.4 is 15.0 Å². The van der Waals surface area contributed by atoms with Crippen molar-refractivity contribution in [3.8, 4) is 5.75 Å². The molecule has 0 unspecified atom stereocenters. The molecule has 1 aliphatic heterocycles. The Labute approximate surface area is 179 Å². The Morgan fingerprint density at radius 3 is 2.48 bits per heavy atom. The van der Waals surface area contributed by atoms with Crippen molar-refractivity contribution in [3.05, 3.63) is 52.5 Å². The summed E-state index contributed by atoms with van der Waals surface area (Å²) in [6.45, 7) is 2.34. The van der Waals surface area contributed by atoms with E-state index in [-0.39, 0.29) is 27.7 Å². The van der Waals surface area contributed by atoms with Gasteiger partial charge in [0.15, 0.2) is 5.60 Å². The van der Waals surface area contributed by atoms with Crippen molar-refractivity contribution < 1.29 is 37.4 Å². The Morgan fingerprint density at radius 1 is 1.19 bits per heavy atom. The molecule has 0 aromatic heterocycles. The van der Waals surface area contributed by atoms with E-state index in [0.29, 0.717) is 6.07 Å². The quantitative estimate of drug-likeness (QED) is 0.719. The average molecular weight is 457 g/mol. The number of hydrogen-bond acceptors (Lipinski definition) is 4. The number of carbonyl (C=O) groups is 3. The number of benzene rings is 2. The van der Waals surface area contributed by atoms with E-state index >= 15 is 0 Å². The van der Waals surface area contributed by atoms with Crippen LogP contribution in [-0.4, -0.2) is 35.0 Å². The largest absolute Gasteiger partial charge is 0.478 e. The van der Waals surface area contributed by atoms with Gasteiger partial charge < -0.3 is 15.2 Å². The molecular formula is C20H16ClF3N2O5. The van der Waals surface area contributed by atoms with Crippen molar-refractivity contribution in [2.24, 2.45) is 0 Å². The van der Waals surface area contributed by atoms with E-state index in [1.807, 2.05) is 0 Å². The third-order valence-corrected chi connectivity index (χ3v) is 4.82. The van der Waals surface area contributed by atoms with E-state index in [0.717, 1.165) is 17.0 Å². The van der Waals surface area contributed by atoms with E-state index in [1.54, 1.807) is 0 Å². The summed E-state index contributed by atoms with van der Waals surface area (Å²) in [5, 5.41) is 11.4. The number of carbonyl (C=O) groups excluding carboxylic acids is 2. The summed E-state index contributed by atoms with van der Waals surface area (Å²) in [5.74, 6) is -2.54. The average Bonchev–Trinajstić information content (AvgIpc) is 2.65. The minimum atomic E-state index is -4.64. The molecule has 0 saturated carbocycles. The molecule has 2 aromatic rings. The number of carboxylic acid groups (broad SMARTS) is 1. The number of halogens is 4. The molecule has 0 aliphatic carbocycles. The van der Waals surface area contributed by atoms with Crippen LogP contribution in [0.1, 0.15) is 29.8 Å². The number of amides is 2. The van der Waals surface area contributed by atoms with Crippen molar-refractivity contribution in [1.29, 1.82) is 0 Å². The molecule has 0 bridgehead atoms. The Balaban J connectivity index is 1.91. The molecular weight excluding hydrogens is 441 g/mol. The highest BCUT2D eigenvalue weighted by molar-refractivity contribution is 6.33. The van der Waals surface area contributed by atoms with Crippen LogP contribution in [0.25, 0.3) is 0 Å². The summed E-state index contributed by atoms with van der Waals surface area (Å²) in [6.07, 6.45) is -4.64. The zero-order chi connectivity index (χ0) is 23.1. The van der Waals surface area contributed by atoms with Crippen LogP contribution in [-0.2, 0) is 15.8 Å². The minimum Gasteiger partial charge on any atom is -0.478 e. The Kier molecular flexibility index (Phi) is 5.62. The van der Waals surface area contributed by atoms with Crippen LogP contribution in [0.3, 0.4) is 0 Å². The van der Waals surface area contributed by atoms with E-state index < -0.39 is 41.7 Å². The number of hydrogen-bond donors (Lipinski definition) is 2. The van der Waals surface area contributed by atoms with Crippen molar-refractivity contribution in [2.45, 2.75) is 25.6 Å². The number of ether oxygens (including phenoxy) is 1. The Morgan fingerprint density at radius 2 is 1.87 bits per heavy atom. The minimum absolute atomic E-state index is 0.0505. The van der Waals surface area contributed by atoms with Crippen molar-refractivity contribution in [3.63, 3.8) is 0 Å². The second kappa shape index (κ2) is 7.77. The highest BCUT2D eigenvalue weighted by Crippen LogP contribution is 2.39. The van der Waals surface area contributed by atoms with Gasteiger partial charge in [0.05, 0.1) is 27.5 Å². The maximum Gasteiger partial charge on any atom is 0.416 e. The third kappa shape index (κ3) is 4.58. The molecule has 0 atom stereocenters. The lowest BCUT2D eigenvalue weighted by Crippen LogP contribution is -2.54. The van der Waals surface area contributed by atoms with E-state index in [9.17, 15) is 32.7 Å². The van der Waals surface area contributed by atoms with Gasteiger partial charge >= 0.3 is 12.1 Å². The number of carboxylic acids is 1. The summed E-state index contributed by atoms with van der Waals surface area (Å²) in [4.78, 5) is 37.7. The van der Waals surface area contributed by atoms with Gasteiger partial charge in [0.2, 0.25) is 5.91 Å². The number of alkyl halides is 3. The van der Waals surface area contributed by atoms with Crippen molar-refractivity contribution in [1.82, 2.24) is 0 Å². The molecule has 0 radical (unpaired) electrons. The van der Waals surface area contributed by atoms with Gasteiger partial charge in [-0.1, -0.05) is 11.6 Å². The lowest BCUT2D eigenvalue weighted by Gasteiger charge is -2.38. The molecule has 3 rings (SSSR count). The second-order valence-corrected chi connectivity index (χ2v) is 7.64. The lowest BCUT2D eigenvalue weighted by atomic mass is 10.0. The second-order valence-electron chi connectivity index (χ2n) is 7.23. The van der Waals surface area contributed by atoms with E-state index in [2.05, 4.69) is 5.32 Å². The summed E-state index contributed by atoms with van der Waals surface area (Å²) in [6, 6.07) is 6.28. The molecule has 31 heavy (non-hydrogen) atoms. The topological polar surface area (TPSA) is 95.9 Å². The number of fused-ring (bicyclic) bond motifs is 1. The molecule has 164 valence electrons. The molecule has 2 amide bonds. The number of nitrogens with one attached hydrogen (secondary N) is 1. The molecule has 0 spiro atoms. The van der Waals surface area contributed by atoms with Crippen molar-refractivity contribution >= 4 is 40.8 Å². The van der Waals surface area contributed by atoms with E-state index in [1.165, 1.54) is 32.0 Å². The molecule has 7 nitrogen and oxygen atoms in total. The van der Waals surface area contributed by atoms with Crippen molar-refractivity contribution in [2.75, 3.05) is 16.8 Å². The zero-order valence-corrected chi connectivity index (χ0v) is 17.0. The number of anilines is 2. The zero-order valence-electron chi connectivity index (χ0n) is 16.2. The van der Waals surface area contributed by atoms with Crippen LogP contribution in [0.4, 0.5) is 24.5 Å². The van der Waals surface area contributed by atoms with Crippen LogP contribution in [0.5, 0.6) is 5.75 Å². The molecule has 0 fully saturated rings. The van der Waals surface area contributed by atoms with E-state index in [4.69, 9.17) is 16.3 Å². The molecule has 0 saturated heterocycles. The van der Waals surface area contributed by atoms with Gasteiger partial charge in [-0.15, -0.1) is 0 Å². The van der Waals surface area contributed by atoms with Gasteiger partial charge in [0, 0.05) is 0 Å². The van der Waals surface area contributed by atoms with Gasteiger partial charge in [-0.3, -0.25) is 14.5 Å². The SMILES string of the molecule is CC1(C)Oc2ccc(C(=O)O)cc2N(CC(=O)Nc2cc(C(F)(F)F)ccc2Cl)C1=O. The fourth-order valence-corrected chi connectivity index (χ4v) is 3.15. The molecule has 11 heteroatoms. The molecule has 1 heterocycles. The molecule has 1 aliphatic rings. The molecule has 2 N–H and O–H groups in total. The number of aromatic carboxylic acids is 1. The Hall–Kier alpha value is -3.27. The third-order valence-electron chi connectivity index (χ3n) is 4.49. The van der Waals surface area contributed by atoms with Gasteiger partial charge in [-0.25, -0.2) is 4.79 Å².